The lowest BCUT2D eigenvalue weighted by Gasteiger charge is -2.15. The summed E-state index contributed by atoms with van der Waals surface area (Å²) in [6.07, 6.45) is 1.45. The molecule has 0 unspecified atom stereocenters. The van der Waals surface area contributed by atoms with E-state index in [9.17, 15) is 4.79 Å². The molecule has 50 heavy (non-hydrogen) atoms. The summed E-state index contributed by atoms with van der Waals surface area (Å²) < 4.78 is 5.47. The molecular formula is C42H28ClN5O2. The van der Waals surface area contributed by atoms with Gasteiger partial charge in [0.1, 0.15) is 5.75 Å². The van der Waals surface area contributed by atoms with Gasteiger partial charge in [0, 0.05) is 27.1 Å². The summed E-state index contributed by atoms with van der Waals surface area (Å²) in [6.45, 7) is 2.06. The van der Waals surface area contributed by atoms with Crippen LogP contribution in [-0.4, -0.2) is 32.0 Å². The van der Waals surface area contributed by atoms with E-state index in [4.69, 9.17) is 31.3 Å². The topological polar surface area (TPSA) is 96.5 Å². The predicted molar refractivity (Wildman–Crippen MR) is 203 cm³/mol. The Morgan fingerprint density at radius 2 is 1.52 bits per heavy atom. The summed E-state index contributed by atoms with van der Waals surface area (Å²) in [4.78, 5) is 35.8. The van der Waals surface area contributed by atoms with Crippen LogP contribution in [0.5, 0.6) is 5.75 Å². The number of pyridine rings is 2. The van der Waals surface area contributed by atoms with Gasteiger partial charge in [0.15, 0.2) is 5.65 Å². The second-order valence-electron chi connectivity index (χ2n) is 12.4. The van der Waals surface area contributed by atoms with E-state index in [1.807, 2.05) is 66.7 Å². The first-order valence-corrected chi connectivity index (χ1v) is 16.6. The molecule has 0 saturated heterocycles. The van der Waals surface area contributed by atoms with Crippen molar-refractivity contribution in [3.8, 4) is 50.6 Å². The Balaban J connectivity index is 1.42. The Morgan fingerprint density at radius 3 is 2.34 bits per heavy atom. The fourth-order valence-corrected chi connectivity index (χ4v) is 7.01. The van der Waals surface area contributed by atoms with Crippen molar-refractivity contribution in [1.82, 2.24) is 24.9 Å². The van der Waals surface area contributed by atoms with Gasteiger partial charge in [-0.2, -0.15) is 0 Å². The van der Waals surface area contributed by atoms with Crippen molar-refractivity contribution < 1.29 is 4.74 Å². The summed E-state index contributed by atoms with van der Waals surface area (Å²) in [5.41, 5.74) is 9.33. The van der Waals surface area contributed by atoms with Crippen LogP contribution >= 0.6 is 11.6 Å². The minimum Gasteiger partial charge on any atom is -0.497 e. The Morgan fingerprint density at radius 1 is 0.740 bits per heavy atom. The third kappa shape index (κ3) is 4.90. The molecule has 7 nitrogen and oxygen atoms in total. The minimum atomic E-state index is -0.279. The molecule has 0 fully saturated rings. The first-order valence-electron chi connectivity index (χ1n) is 16.2. The van der Waals surface area contributed by atoms with Crippen molar-refractivity contribution in [3.05, 3.63) is 143 Å². The summed E-state index contributed by atoms with van der Waals surface area (Å²) >= 11 is 6.30. The second-order valence-corrected chi connectivity index (χ2v) is 12.8. The molecular weight excluding hydrogens is 642 g/mol. The molecule has 0 spiro atoms. The third-order valence-corrected chi connectivity index (χ3v) is 9.55. The molecule has 5 aromatic carbocycles. The number of aryl methyl sites for hydroxylation is 1. The van der Waals surface area contributed by atoms with Gasteiger partial charge in [-0.25, -0.2) is 15.0 Å². The SMILES string of the molecule is COc1ccc2cc(-c3cc(-c4ccc(Cl)cc4)nc4nc(-c5c(-c6ccccc6)[nH]c6ccc(C)cc56)c5c(=O)[nH]cnc5c34)ccc2c1. The van der Waals surface area contributed by atoms with Crippen LogP contribution in [0.15, 0.2) is 126 Å². The van der Waals surface area contributed by atoms with Gasteiger partial charge in [-0.3, -0.25) is 4.79 Å². The number of H-pyrrole nitrogens is 2. The zero-order valence-corrected chi connectivity index (χ0v) is 27.8. The molecule has 4 aromatic heterocycles. The van der Waals surface area contributed by atoms with Gasteiger partial charge in [-0.15, -0.1) is 0 Å². The number of benzene rings is 5. The quantitative estimate of drug-likeness (QED) is 0.178. The maximum absolute atomic E-state index is 14.0. The minimum absolute atomic E-state index is 0.279. The molecule has 2 N–H and O–H groups in total. The average Bonchev–Trinajstić information content (AvgIpc) is 3.52. The largest absolute Gasteiger partial charge is 0.497 e. The van der Waals surface area contributed by atoms with E-state index < -0.39 is 0 Å². The van der Waals surface area contributed by atoms with Crippen LogP contribution in [0.4, 0.5) is 0 Å². The number of halogens is 1. The van der Waals surface area contributed by atoms with Gasteiger partial charge in [0.05, 0.1) is 46.8 Å². The number of methoxy groups -OCH3 is 1. The van der Waals surface area contributed by atoms with Gasteiger partial charge in [-0.05, 0) is 82.9 Å². The lowest BCUT2D eigenvalue weighted by atomic mass is 9.94. The maximum atomic E-state index is 14.0. The fourth-order valence-electron chi connectivity index (χ4n) is 6.89. The zero-order valence-electron chi connectivity index (χ0n) is 27.1. The van der Waals surface area contributed by atoms with E-state index in [1.165, 1.54) is 6.33 Å². The first-order chi connectivity index (χ1) is 24.4. The van der Waals surface area contributed by atoms with Gasteiger partial charge < -0.3 is 14.7 Å². The van der Waals surface area contributed by atoms with E-state index in [0.29, 0.717) is 32.7 Å². The van der Waals surface area contributed by atoms with Crippen LogP contribution in [0, 0.1) is 6.92 Å². The summed E-state index contributed by atoms with van der Waals surface area (Å²) in [5, 5.41) is 4.77. The fraction of sp³-hybridized carbons (Fsp3) is 0.0476. The van der Waals surface area contributed by atoms with Crippen LogP contribution in [-0.2, 0) is 0 Å². The van der Waals surface area contributed by atoms with Crippen LogP contribution in [0.2, 0.25) is 5.02 Å². The highest BCUT2D eigenvalue weighted by Crippen LogP contribution is 2.43. The number of aromatic nitrogens is 5. The predicted octanol–water partition coefficient (Wildman–Crippen LogP) is 10.1. The first kappa shape index (κ1) is 29.8. The monoisotopic (exact) mass is 669 g/mol. The smallest absolute Gasteiger partial charge is 0.260 e. The number of hydrogen-bond donors (Lipinski definition) is 2. The highest BCUT2D eigenvalue weighted by atomic mass is 35.5. The highest BCUT2D eigenvalue weighted by molar-refractivity contribution is 6.30. The van der Waals surface area contributed by atoms with Crippen molar-refractivity contribution in [2.24, 2.45) is 0 Å². The van der Waals surface area contributed by atoms with Crippen LogP contribution in [0.1, 0.15) is 5.56 Å². The van der Waals surface area contributed by atoms with Crippen LogP contribution in [0.25, 0.3) is 88.5 Å². The standard InChI is InChI=1S/C42H28ClN5O2/c1-23-8-17-33-32(18-23)35(38(46-33)25-6-4-3-5-7-25)40-37-39(44-22-45-42(37)49)36-31(28-10-9-27-20-30(50-2)16-13-26(27)19-28)21-34(47-41(36)48-40)24-11-14-29(43)15-12-24/h3-22,46H,1-2H3,(H,44,45,49). The third-order valence-electron chi connectivity index (χ3n) is 9.30. The molecule has 0 aliphatic heterocycles. The molecule has 4 heterocycles. The summed E-state index contributed by atoms with van der Waals surface area (Å²) in [7, 11) is 1.66. The molecule has 0 radical (unpaired) electrons. The molecule has 9 aromatic rings. The number of aromatic amines is 2. The zero-order chi connectivity index (χ0) is 33.9. The van der Waals surface area contributed by atoms with E-state index in [1.54, 1.807) is 7.11 Å². The van der Waals surface area contributed by atoms with Crippen molar-refractivity contribution in [1.29, 1.82) is 0 Å². The Labute approximate surface area is 291 Å². The molecule has 8 heteroatoms. The number of ether oxygens (including phenoxy) is 1. The second kappa shape index (κ2) is 11.7. The number of nitrogens with one attached hydrogen (secondary N) is 2. The Hall–Kier alpha value is -6.31. The molecule has 0 saturated carbocycles. The molecule has 0 aliphatic carbocycles. The van der Waals surface area contributed by atoms with Gasteiger partial charge in [0.25, 0.3) is 5.56 Å². The molecule has 0 amide bonds. The number of fused-ring (bicyclic) bond motifs is 5. The normalized spacial score (nSPS) is 11.6. The number of hydrogen-bond acceptors (Lipinski definition) is 5. The van der Waals surface area contributed by atoms with E-state index in [-0.39, 0.29) is 5.56 Å². The summed E-state index contributed by atoms with van der Waals surface area (Å²) in [6, 6.07) is 38.3. The summed E-state index contributed by atoms with van der Waals surface area (Å²) in [5.74, 6) is 0.790. The van der Waals surface area contributed by atoms with Gasteiger partial charge in [-0.1, -0.05) is 83.9 Å². The Bertz CT molecular complexity index is 2840. The van der Waals surface area contributed by atoms with E-state index in [2.05, 4.69) is 65.4 Å². The lowest BCUT2D eigenvalue weighted by Crippen LogP contribution is -2.10. The van der Waals surface area contributed by atoms with Crippen molar-refractivity contribution in [2.75, 3.05) is 7.11 Å². The van der Waals surface area contributed by atoms with Crippen molar-refractivity contribution in [3.63, 3.8) is 0 Å². The van der Waals surface area contributed by atoms with E-state index in [0.717, 1.165) is 72.2 Å². The number of rotatable bonds is 5. The Kier molecular flexibility index (Phi) is 6.96. The van der Waals surface area contributed by atoms with Crippen molar-refractivity contribution >= 4 is 55.2 Å². The molecule has 240 valence electrons. The highest BCUT2D eigenvalue weighted by Gasteiger charge is 2.25. The van der Waals surface area contributed by atoms with Crippen LogP contribution in [0.3, 0.4) is 0 Å². The maximum Gasteiger partial charge on any atom is 0.260 e. The molecule has 0 aliphatic rings. The molecule has 0 atom stereocenters. The van der Waals surface area contributed by atoms with Crippen molar-refractivity contribution in [2.45, 2.75) is 6.92 Å². The molecule has 0 bridgehead atoms. The van der Waals surface area contributed by atoms with E-state index >= 15 is 0 Å². The average molecular weight is 670 g/mol. The van der Waals surface area contributed by atoms with Crippen LogP contribution < -0.4 is 10.3 Å². The number of nitrogens with zero attached hydrogens (tertiary/aromatic N) is 3. The lowest BCUT2D eigenvalue weighted by molar-refractivity contribution is 0.415. The van der Waals surface area contributed by atoms with Gasteiger partial charge >= 0.3 is 0 Å². The van der Waals surface area contributed by atoms with Gasteiger partial charge in [0.2, 0.25) is 0 Å². The molecule has 9 rings (SSSR count).